The normalized spacial score (nSPS) is 17.8. The van der Waals surface area contributed by atoms with Gasteiger partial charge in [-0.3, -0.25) is 4.79 Å². The van der Waals surface area contributed by atoms with Crippen LogP contribution in [0.1, 0.15) is 31.2 Å². The average Bonchev–Trinajstić information content (AvgIpc) is 3.06. The van der Waals surface area contributed by atoms with E-state index in [0.717, 1.165) is 12.8 Å². The Balaban J connectivity index is 0.00000144. The molecule has 1 unspecified atom stereocenters. The van der Waals surface area contributed by atoms with Crippen molar-refractivity contribution < 1.29 is 4.79 Å². The first kappa shape index (κ1) is 14.0. The Morgan fingerprint density at radius 3 is 2.53 bits per heavy atom. The molecule has 0 radical (unpaired) electrons. The maximum Gasteiger partial charge on any atom is 0.240 e. The van der Waals surface area contributed by atoms with Crippen LogP contribution in [0.2, 0.25) is 0 Å². The van der Waals surface area contributed by atoms with Gasteiger partial charge in [0.15, 0.2) is 0 Å². The van der Waals surface area contributed by atoms with Crippen molar-refractivity contribution in [3.8, 4) is 0 Å². The summed E-state index contributed by atoms with van der Waals surface area (Å²) >= 11 is 0. The van der Waals surface area contributed by atoms with Crippen LogP contribution in [0.5, 0.6) is 0 Å². The van der Waals surface area contributed by atoms with Gasteiger partial charge in [0.2, 0.25) is 5.91 Å². The number of halogens is 1. The molecular weight excluding hydrogens is 236 g/mol. The zero-order valence-electron chi connectivity index (χ0n) is 9.98. The monoisotopic (exact) mass is 254 g/mol. The molecule has 1 amide bonds. The van der Waals surface area contributed by atoms with Crippen molar-refractivity contribution in [2.45, 2.75) is 31.2 Å². The van der Waals surface area contributed by atoms with E-state index in [1.807, 2.05) is 18.2 Å². The zero-order valence-corrected chi connectivity index (χ0v) is 10.8. The van der Waals surface area contributed by atoms with Gasteiger partial charge in [0.25, 0.3) is 0 Å². The molecule has 0 spiro atoms. The number of rotatable bonds is 4. The van der Waals surface area contributed by atoms with E-state index in [2.05, 4.69) is 24.4 Å². The van der Waals surface area contributed by atoms with Gasteiger partial charge < -0.3 is 11.1 Å². The highest BCUT2D eigenvalue weighted by Crippen LogP contribution is 2.32. The van der Waals surface area contributed by atoms with Gasteiger partial charge in [-0.25, -0.2) is 0 Å². The second-order valence-electron chi connectivity index (χ2n) is 4.68. The van der Waals surface area contributed by atoms with Gasteiger partial charge in [0.05, 0.1) is 5.54 Å². The molecule has 0 saturated heterocycles. The Morgan fingerprint density at radius 1 is 1.41 bits per heavy atom. The fraction of sp³-hybridized carbons (Fsp3) is 0.462. The summed E-state index contributed by atoms with van der Waals surface area (Å²) in [6, 6.07) is 10.2. The topological polar surface area (TPSA) is 55.1 Å². The van der Waals surface area contributed by atoms with E-state index in [4.69, 9.17) is 5.73 Å². The Kier molecular flexibility index (Phi) is 4.54. The molecule has 0 heterocycles. The van der Waals surface area contributed by atoms with E-state index in [1.165, 1.54) is 5.56 Å². The predicted molar refractivity (Wildman–Crippen MR) is 71.3 cm³/mol. The number of amides is 1. The summed E-state index contributed by atoms with van der Waals surface area (Å²) < 4.78 is 0. The molecule has 1 aromatic carbocycles. The van der Waals surface area contributed by atoms with E-state index in [0.29, 0.717) is 12.5 Å². The molecule has 0 aliphatic heterocycles. The zero-order chi connectivity index (χ0) is 11.6. The molecule has 1 aliphatic rings. The minimum Gasteiger partial charge on any atom is -0.354 e. The first-order valence-corrected chi connectivity index (χ1v) is 5.74. The molecule has 3 N–H and O–H groups in total. The van der Waals surface area contributed by atoms with Crippen molar-refractivity contribution >= 4 is 18.3 Å². The first-order chi connectivity index (χ1) is 7.62. The van der Waals surface area contributed by atoms with Crippen LogP contribution in [0.3, 0.4) is 0 Å². The number of carbonyl (C=O) groups is 1. The van der Waals surface area contributed by atoms with E-state index < -0.39 is 5.54 Å². The number of nitrogens with one attached hydrogen (secondary N) is 1. The SMILES string of the molecule is CC(CNC(=O)C1(N)CC1)c1ccccc1.Cl. The fourth-order valence-electron chi connectivity index (χ4n) is 1.68. The summed E-state index contributed by atoms with van der Waals surface area (Å²) in [4.78, 5) is 11.6. The average molecular weight is 255 g/mol. The Bertz CT molecular complexity index is 376. The van der Waals surface area contributed by atoms with Crippen molar-refractivity contribution in [2.75, 3.05) is 6.54 Å². The number of hydrogen-bond acceptors (Lipinski definition) is 2. The first-order valence-electron chi connectivity index (χ1n) is 5.74. The number of hydrogen-bond donors (Lipinski definition) is 2. The molecule has 1 fully saturated rings. The Hall–Kier alpha value is -1.06. The van der Waals surface area contributed by atoms with Gasteiger partial charge in [0.1, 0.15) is 0 Å². The van der Waals surface area contributed by atoms with Crippen LogP contribution in [0.4, 0.5) is 0 Å². The van der Waals surface area contributed by atoms with Crippen LogP contribution in [0, 0.1) is 0 Å². The van der Waals surface area contributed by atoms with E-state index >= 15 is 0 Å². The lowest BCUT2D eigenvalue weighted by Gasteiger charge is -2.15. The maximum atomic E-state index is 11.6. The van der Waals surface area contributed by atoms with E-state index in [9.17, 15) is 4.79 Å². The molecule has 1 atom stereocenters. The summed E-state index contributed by atoms with van der Waals surface area (Å²) in [5, 5.41) is 2.92. The minimum atomic E-state index is -0.559. The molecule has 17 heavy (non-hydrogen) atoms. The Labute approximate surface area is 108 Å². The van der Waals surface area contributed by atoms with Crippen molar-refractivity contribution in [3.05, 3.63) is 35.9 Å². The third-order valence-corrected chi connectivity index (χ3v) is 3.18. The summed E-state index contributed by atoms with van der Waals surface area (Å²) in [7, 11) is 0. The van der Waals surface area contributed by atoms with Gasteiger partial charge in [-0.15, -0.1) is 12.4 Å². The third kappa shape index (κ3) is 3.45. The largest absolute Gasteiger partial charge is 0.354 e. The van der Waals surface area contributed by atoms with Crippen molar-refractivity contribution in [2.24, 2.45) is 5.73 Å². The van der Waals surface area contributed by atoms with Gasteiger partial charge in [0, 0.05) is 6.54 Å². The summed E-state index contributed by atoms with van der Waals surface area (Å²) in [5.74, 6) is 0.322. The van der Waals surface area contributed by atoms with Crippen LogP contribution in [-0.2, 0) is 4.79 Å². The molecular formula is C13H19ClN2O. The number of carbonyl (C=O) groups excluding carboxylic acids is 1. The number of nitrogens with two attached hydrogens (primary N) is 1. The fourth-order valence-corrected chi connectivity index (χ4v) is 1.68. The second kappa shape index (κ2) is 5.52. The standard InChI is InChI=1S/C13H18N2O.ClH/c1-10(11-5-3-2-4-6-11)9-15-12(16)13(14)7-8-13;/h2-6,10H,7-9,14H2,1H3,(H,15,16);1H. The number of benzene rings is 1. The smallest absolute Gasteiger partial charge is 0.240 e. The summed E-state index contributed by atoms with van der Waals surface area (Å²) in [6.07, 6.45) is 1.64. The summed E-state index contributed by atoms with van der Waals surface area (Å²) in [6.45, 7) is 2.76. The van der Waals surface area contributed by atoms with Crippen molar-refractivity contribution in [1.82, 2.24) is 5.32 Å². The molecule has 1 saturated carbocycles. The minimum absolute atomic E-state index is 0. The van der Waals surface area contributed by atoms with E-state index in [1.54, 1.807) is 0 Å². The van der Waals surface area contributed by atoms with Crippen LogP contribution >= 0.6 is 12.4 Å². The van der Waals surface area contributed by atoms with Crippen LogP contribution in [0.25, 0.3) is 0 Å². The van der Waals surface area contributed by atoms with Crippen molar-refractivity contribution in [1.29, 1.82) is 0 Å². The summed E-state index contributed by atoms with van der Waals surface area (Å²) in [5.41, 5.74) is 6.48. The molecule has 3 nitrogen and oxygen atoms in total. The van der Waals surface area contributed by atoms with Gasteiger partial charge in [-0.05, 0) is 24.3 Å². The highest BCUT2D eigenvalue weighted by atomic mass is 35.5. The van der Waals surface area contributed by atoms with Crippen LogP contribution in [-0.4, -0.2) is 18.0 Å². The quantitative estimate of drug-likeness (QED) is 0.861. The molecule has 0 bridgehead atoms. The highest BCUT2D eigenvalue weighted by molar-refractivity contribution is 5.89. The third-order valence-electron chi connectivity index (χ3n) is 3.18. The van der Waals surface area contributed by atoms with Gasteiger partial charge in [-0.2, -0.15) is 0 Å². The lowest BCUT2D eigenvalue weighted by Crippen LogP contribution is -2.43. The van der Waals surface area contributed by atoms with Gasteiger partial charge in [-0.1, -0.05) is 37.3 Å². The molecule has 0 aromatic heterocycles. The molecule has 1 aromatic rings. The lowest BCUT2D eigenvalue weighted by molar-refractivity contribution is -0.123. The second-order valence-corrected chi connectivity index (χ2v) is 4.68. The van der Waals surface area contributed by atoms with Crippen molar-refractivity contribution in [3.63, 3.8) is 0 Å². The predicted octanol–water partition coefficient (Wildman–Crippen LogP) is 1.82. The van der Waals surface area contributed by atoms with Crippen LogP contribution in [0.15, 0.2) is 30.3 Å². The molecule has 2 rings (SSSR count). The molecule has 4 heteroatoms. The maximum absolute atomic E-state index is 11.6. The lowest BCUT2D eigenvalue weighted by atomic mass is 10.0. The molecule has 1 aliphatic carbocycles. The van der Waals surface area contributed by atoms with Gasteiger partial charge >= 0.3 is 0 Å². The Morgan fingerprint density at radius 2 is 2.00 bits per heavy atom. The highest BCUT2D eigenvalue weighted by Gasteiger charge is 2.45. The van der Waals surface area contributed by atoms with Crippen LogP contribution < -0.4 is 11.1 Å². The molecule has 94 valence electrons. The van der Waals surface area contributed by atoms with E-state index in [-0.39, 0.29) is 18.3 Å².